The standard InChI is InChI=1S/C20H18N6OS/c1-2-26-19(18-17-14(10-12-22-18)7-6-11-21-17)24-25-20(26)28-13-16(27)23-15-8-4-3-5-9-15/h3-12H,2,13H2,1H3,(H,23,27). The van der Waals surface area contributed by atoms with Crippen LogP contribution in [0.5, 0.6) is 0 Å². The molecule has 0 saturated heterocycles. The summed E-state index contributed by atoms with van der Waals surface area (Å²) in [6, 6.07) is 15.2. The van der Waals surface area contributed by atoms with E-state index in [2.05, 4.69) is 25.5 Å². The zero-order valence-electron chi connectivity index (χ0n) is 15.2. The van der Waals surface area contributed by atoms with Gasteiger partial charge in [0.15, 0.2) is 11.0 Å². The molecule has 0 unspecified atom stereocenters. The Morgan fingerprint density at radius 2 is 1.89 bits per heavy atom. The highest BCUT2D eigenvalue weighted by Gasteiger charge is 2.18. The average molecular weight is 390 g/mol. The lowest BCUT2D eigenvalue weighted by molar-refractivity contribution is -0.113. The molecule has 28 heavy (non-hydrogen) atoms. The van der Waals surface area contributed by atoms with Crippen LogP contribution >= 0.6 is 11.8 Å². The van der Waals surface area contributed by atoms with Crippen molar-refractivity contribution >= 4 is 34.3 Å². The van der Waals surface area contributed by atoms with E-state index >= 15 is 0 Å². The van der Waals surface area contributed by atoms with Gasteiger partial charge in [0.2, 0.25) is 5.91 Å². The number of anilines is 1. The van der Waals surface area contributed by atoms with Gasteiger partial charge in [-0.1, -0.05) is 36.0 Å². The number of amides is 1. The van der Waals surface area contributed by atoms with Crippen LogP contribution in [0.1, 0.15) is 6.92 Å². The summed E-state index contributed by atoms with van der Waals surface area (Å²) >= 11 is 1.35. The molecule has 1 amide bonds. The highest BCUT2D eigenvalue weighted by atomic mass is 32.2. The SMILES string of the molecule is CCn1c(SCC(=O)Nc2ccccc2)nnc1-c1nccc2cccnc12. The number of nitrogens with zero attached hydrogens (tertiary/aromatic N) is 5. The van der Waals surface area contributed by atoms with Crippen molar-refractivity contribution in [2.45, 2.75) is 18.6 Å². The molecule has 0 spiro atoms. The van der Waals surface area contributed by atoms with Gasteiger partial charge in [0, 0.05) is 30.0 Å². The van der Waals surface area contributed by atoms with E-state index in [9.17, 15) is 4.79 Å². The zero-order valence-corrected chi connectivity index (χ0v) is 16.1. The number of carbonyl (C=O) groups is 1. The van der Waals surface area contributed by atoms with Gasteiger partial charge in [0.05, 0.1) is 11.3 Å². The summed E-state index contributed by atoms with van der Waals surface area (Å²) in [4.78, 5) is 21.1. The number of nitrogens with one attached hydrogen (secondary N) is 1. The van der Waals surface area contributed by atoms with E-state index < -0.39 is 0 Å². The summed E-state index contributed by atoms with van der Waals surface area (Å²) in [5, 5.41) is 13.1. The molecule has 4 aromatic rings. The summed E-state index contributed by atoms with van der Waals surface area (Å²) in [6.07, 6.45) is 3.48. The van der Waals surface area contributed by atoms with Crippen LogP contribution in [-0.4, -0.2) is 36.4 Å². The lowest BCUT2D eigenvalue weighted by Crippen LogP contribution is -2.14. The van der Waals surface area contributed by atoms with Gasteiger partial charge in [0.25, 0.3) is 0 Å². The molecule has 0 bridgehead atoms. The van der Waals surface area contributed by atoms with Gasteiger partial charge in [-0.25, -0.2) is 0 Å². The third-order valence-electron chi connectivity index (χ3n) is 4.16. The number of pyridine rings is 2. The summed E-state index contributed by atoms with van der Waals surface area (Å²) < 4.78 is 1.96. The molecule has 0 aliphatic rings. The fourth-order valence-electron chi connectivity index (χ4n) is 2.87. The fraction of sp³-hybridized carbons (Fsp3) is 0.150. The topological polar surface area (TPSA) is 85.6 Å². The van der Waals surface area contributed by atoms with Crippen LogP contribution in [0.2, 0.25) is 0 Å². The van der Waals surface area contributed by atoms with Gasteiger partial charge in [-0.15, -0.1) is 10.2 Å². The number of rotatable bonds is 6. The molecule has 8 heteroatoms. The maximum Gasteiger partial charge on any atom is 0.234 e. The van der Waals surface area contributed by atoms with E-state index in [1.54, 1.807) is 12.4 Å². The maximum atomic E-state index is 12.2. The molecule has 0 aliphatic heterocycles. The molecule has 3 aromatic heterocycles. The van der Waals surface area contributed by atoms with Crippen molar-refractivity contribution in [3.05, 3.63) is 60.9 Å². The fourth-order valence-corrected chi connectivity index (χ4v) is 3.67. The third-order valence-corrected chi connectivity index (χ3v) is 5.12. The molecule has 0 fully saturated rings. The number of aromatic nitrogens is 5. The Hall–Kier alpha value is -3.26. The van der Waals surface area contributed by atoms with Crippen LogP contribution in [0.4, 0.5) is 5.69 Å². The van der Waals surface area contributed by atoms with Crippen molar-refractivity contribution in [1.82, 2.24) is 24.7 Å². The number of benzene rings is 1. The normalized spacial score (nSPS) is 10.9. The lowest BCUT2D eigenvalue weighted by Gasteiger charge is -2.08. The van der Waals surface area contributed by atoms with Crippen LogP contribution in [0.25, 0.3) is 22.4 Å². The van der Waals surface area contributed by atoms with Crippen molar-refractivity contribution in [2.75, 3.05) is 11.1 Å². The summed E-state index contributed by atoms with van der Waals surface area (Å²) in [6.45, 7) is 2.68. The minimum Gasteiger partial charge on any atom is -0.325 e. The predicted molar refractivity (Wildman–Crippen MR) is 110 cm³/mol. The highest BCUT2D eigenvalue weighted by Crippen LogP contribution is 2.27. The molecule has 0 atom stereocenters. The summed E-state index contributed by atoms with van der Waals surface area (Å²) in [5.41, 5.74) is 2.25. The van der Waals surface area contributed by atoms with Crippen LogP contribution < -0.4 is 5.32 Å². The molecule has 140 valence electrons. The first-order chi connectivity index (χ1) is 13.8. The number of thioether (sulfide) groups is 1. The second kappa shape index (κ2) is 8.18. The summed E-state index contributed by atoms with van der Waals surface area (Å²) in [5.74, 6) is 0.806. The molecule has 0 aliphatic carbocycles. The quantitative estimate of drug-likeness (QED) is 0.506. The molecule has 1 N–H and O–H groups in total. The lowest BCUT2D eigenvalue weighted by atomic mass is 10.2. The number of carbonyl (C=O) groups excluding carboxylic acids is 1. The van der Waals surface area contributed by atoms with Crippen LogP contribution in [0, 0.1) is 0 Å². The highest BCUT2D eigenvalue weighted by molar-refractivity contribution is 7.99. The Balaban J connectivity index is 1.55. The second-order valence-corrected chi connectivity index (χ2v) is 6.93. The van der Waals surface area contributed by atoms with E-state index in [0.717, 1.165) is 16.6 Å². The largest absolute Gasteiger partial charge is 0.325 e. The van der Waals surface area contributed by atoms with Crippen LogP contribution in [0.3, 0.4) is 0 Å². The Labute approximate surface area is 166 Å². The van der Waals surface area contributed by atoms with Crippen LogP contribution in [0.15, 0.2) is 66.1 Å². The van der Waals surface area contributed by atoms with E-state index in [1.165, 1.54) is 11.8 Å². The second-order valence-electron chi connectivity index (χ2n) is 5.99. The number of hydrogen-bond acceptors (Lipinski definition) is 6. The molecular formula is C20H18N6OS. The molecule has 4 rings (SSSR count). The van der Waals surface area contributed by atoms with E-state index in [-0.39, 0.29) is 11.7 Å². The first-order valence-electron chi connectivity index (χ1n) is 8.87. The minimum absolute atomic E-state index is 0.0895. The molecule has 7 nitrogen and oxygen atoms in total. The Kier molecular flexibility index (Phi) is 5.29. The van der Waals surface area contributed by atoms with Gasteiger partial charge in [-0.2, -0.15) is 0 Å². The van der Waals surface area contributed by atoms with Gasteiger partial charge in [-0.05, 0) is 31.2 Å². The molecule has 0 radical (unpaired) electrons. The van der Waals surface area contributed by atoms with Gasteiger partial charge < -0.3 is 9.88 Å². The first kappa shape index (κ1) is 18.1. The van der Waals surface area contributed by atoms with Gasteiger partial charge in [-0.3, -0.25) is 14.8 Å². The van der Waals surface area contributed by atoms with Crippen molar-refractivity contribution in [1.29, 1.82) is 0 Å². The summed E-state index contributed by atoms with van der Waals surface area (Å²) in [7, 11) is 0. The Bertz CT molecular complexity index is 1110. The Morgan fingerprint density at radius 1 is 1.04 bits per heavy atom. The minimum atomic E-state index is -0.0895. The average Bonchev–Trinajstić information content (AvgIpc) is 3.15. The maximum absolute atomic E-state index is 12.2. The first-order valence-corrected chi connectivity index (χ1v) is 9.86. The molecule has 3 heterocycles. The van der Waals surface area contributed by atoms with E-state index in [4.69, 9.17) is 0 Å². The Morgan fingerprint density at radius 3 is 2.71 bits per heavy atom. The van der Waals surface area contributed by atoms with Crippen molar-refractivity contribution in [3.63, 3.8) is 0 Å². The third kappa shape index (κ3) is 3.72. The predicted octanol–water partition coefficient (Wildman–Crippen LogP) is 3.64. The number of hydrogen-bond donors (Lipinski definition) is 1. The molecule has 1 aromatic carbocycles. The van der Waals surface area contributed by atoms with Crippen LogP contribution in [-0.2, 0) is 11.3 Å². The molecule has 0 saturated carbocycles. The van der Waals surface area contributed by atoms with Crippen molar-refractivity contribution in [3.8, 4) is 11.5 Å². The number of fused-ring (bicyclic) bond motifs is 1. The van der Waals surface area contributed by atoms with Gasteiger partial charge in [0.1, 0.15) is 5.69 Å². The zero-order chi connectivity index (χ0) is 19.3. The molecular weight excluding hydrogens is 372 g/mol. The monoisotopic (exact) mass is 390 g/mol. The van der Waals surface area contributed by atoms with Gasteiger partial charge >= 0.3 is 0 Å². The number of para-hydroxylation sites is 1. The van der Waals surface area contributed by atoms with E-state index in [1.807, 2.05) is 60.0 Å². The van der Waals surface area contributed by atoms with Crippen molar-refractivity contribution < 1.29 is 4.79 Å². The van der Waals surface area contributed by atoms with Crippen molar-refractivity contribution in [2.24, 2.45) is 0 Å². The smallest absolute Gasteiger partial charge is 0.234 e. The van der Waals surface area contributed by atoms with E-state index in [0.29, 0.717) is 23.2 Å².